The number of hydrogen-bond donors (Lipinski definition) is 1. The number of sulfonamides is 1. The predicted octanol–water partition coefficient (Wildman–Crippen LogP) is 2.40. The van der Waals surface area contributed by atoms with Gasteiger partial charge in [0.15, 0.2) is 0 Å². The van der Waals surface area contributed by atoms with E-state index < -0.39 is 27.5 Å². The molecule has 0 heterocycles. The van der Waals surface area contributed by atoms with E-state index in [1.807, 2.05) is 0 Å². The Morgan fingerprint density at radius 3 is 2.06 bits per heavy atom. The molecule has 0 aliphatic rings. The quantitative estimate of drug-likeness (QED) is 0.921. The second-order valence-corrected chi connectivity index (χ2v) is 6.63. The molecule has 0 unspecified atom stereocenters. The maximum atomic E-state index is 12.0. The summed E-state index contributed by atoms with van der Waals surface area (Å²) in [4.78, 5) is 0. The normalized spacial score (nSPS) is 13.6. The molecule has 0 aliphatic heterocycles. The van der Waals surface area contributed by atoms with Crippen molar-refractivity contribution in [1.82, 2.24) is 4.72 Å². The molecule has 1 aromatic rings. The summed E-state index contributed by atoms with van der Waals surface area (Å²) in [5.74, 6) is 0. The molecule has 102 valence electrons. The van der Waals surface area contributed by atoms with Gasteiger partial charge >= 0.3 is 6.18 Å². The lowest BCUT2D eigenvalue weighted by molar-refractivity contribution is -0.121. The minimum atomic E-state index is -4.57. The van der Waals surface area contributed by atoms with Gasteiger partial charge in [0.1, 0.15) is 11.3 Å². The van der Waals surface area contributed by atoms with Crippen LogP contribution in [0.2, 0.25) is 0 Å². The van der Waals surface area contributed by atoms with E-state index in [9.17, 15) is 21.6 Å². The molecular weight excluding hydrogens is 267 g/mol. The molecule has 0 saturated carbocycles. The Morgan fingerprint density at radius 2 is 1.61 bits per heavy atom. The lowest BCUT2D eigenvalue weighted by Crippen LogP contribution is -2.43. The summed E-state index contributed by atoms with van der Waals surface area (Å²) in [7, 11) is -4.12. The molecule has 0 fully saturated rings. The van der Waals surface area contributed by atoms with Gasteiger partial charge in [0.2, 0.25) is 10.0 Å². The van der Waals surface area contributed by atoms with Crippen molar-refractivity contribution in [2.75, 3.05) is 6.54 Å². The fourth-order valence-electron chi connectivity index (χ4n) is 1.35. The van der Waals surface area contributed by atoms with Crippen LogP contribution in [0.25, 0.3) is 0 Å². The Morgan fingerprint density at radius 1 is 1.11 bits per heavy atom. The van der Waals surface area contributed by atoms with Crippen LogP contribution in [-0.2, 0) is 14.8 Å². The number of halogens is 3. The number of benzene rings is 1. The van der Waals surface area contributed by atoms with Crippen LogP contribution in [0.5, 0.6) is 0 Å². The first-order valence-electron chi connectivity index (χ1n) is 5.18. The van der Waals surface area contributed by atoms with Crippen LogP contribution in [0.1, 0.15) is 19.4 Å². The molecule has 0 atom stereocenters. The fraction of sp³-hybridized carbons (Fsp3) is 0.455. The van der Waals surface area contributed by atoms with Crippen molar-refractivity contribution in [3.05, 3.63) is 35.9 Å². The van der Waals surface area contributed by atoms with Gasteiger partial charge in [-0.3, -0.25) is 0 Å². The molecule has 0 aliphatic carbocycles. The molecule has 1 aromatic carbocycles. The molecule has 1 rings (SSSR count). The van der Waals surface area contributed by atoms with Gasteiger partial charge in [-0.1, -0.05) is 30.3 Å². The zero-order valence-electron chi connectivity index (χ0n) is 9.95. The molecule has 3 nitrogen and oxygen atoms in total. The Kier molecular flexibility index (Phi) is 4.07. The van der Waals surface area contributed by atoms with E-state index in [-0.39, 0.29) is 0 Å². The first kappa shape index (κ1) is 15.0. The van der Waals surface area contributed by atoms with Crippen LogP contribution in [0, 0.1) is 0 Å². The van der Waals surface area contributed by atoms with Crippen molar-refractivity contribution in [3.8, 4) is 0 Å². The van der Waals surface area contributed by atoms with E-state index in [0.717, 1.165) is 0 Å². The number of hydrogen-bond acceptors (Lipinski definition) is 2. The van der Waals surface area contributed by atoms with Crippen molar-refractivity contribution in [1.29, 1.82) is 0 Å². The van der Waals surface area contributed by atoms with Gasteiger partial charge in [-0.05, 0) is 19.4 Å². The molecule has 0 aromatic heterocycles. The zero-order valence-corrected chi connectivity index (χ0v) is 10.8. The molecule has 0 amide bonds. The molecular formula is C11H14F3NO2S. The topological polar surface area (TPSA) is 46.2 Å². The van der Waals surface area contributed by atoms with E-state index in [1.54, 1.807) is 35.1 Å². The zero-order chi connectivity index (χ0) is 14.0. The van der Waals surface area contributed by atoms with Crippen molar-refractivity contribution >= 4 is 10.0 Å². The third-order valence-corrected chi connectivity index (χ3v) is 4.71. The largest absolute Gasteiger partial charge is 0.402 e. The summed E-state index contributed by atoms with van der Waals surface area (Å²) in [5.41, 5.74) is 0.430. The Balaban J connectivity index is 2.97. The molecule has 1 N–H and O–H groups in total. The van der Waals surface area contributed by atoms with Crippen molar-refractivity contribution < 1.29 is 21.6 Å². The van der Waals surface area contributed by atoms with Gasteiger partial charge < -0.3 is 0 Å². The second kappa shape index (κ2) is 4.89. The third-order valence-electron chi connectivity index (χ3n) is 2.60. The van der Waals surface area contributed by atoms with E-state index in [4.69, 9.17) is 0 Å². The summed E-state index contributed by atoms with van der Waals surface area (Å²) in [6.45, 7) is 1.16. The van der Waals surface area contributed by atoms with E-state index in [2.05, 4.69) is 0 Å². The van der Waals surface area contributed by atoms with Crippen molar-refractivity contribution in [3.63, 3.8) is 0 Å². The third kappa shape index (κ3) is 3.46. The highest BCUT2D eigenvalue weighted by atomic mass is 32.2. The summed E-state index contributed by atoms with van der Waals surface area (Å²) in [6, 6.07) is 8.10. The summed E-state index contributed by atoms with van der Waals surface area (Å²) in [5, 5.41) is 0. The van der Waals surface area contributed by atoms with Crippen molar-refractivity contribution in [2.45, 2.75) is 24.8 Å². The summed E-state index contributed by atoms with van der Waals surface area (Å²) in [6.07, 6.45) is -4.57. The summed E-state index contributed by atoms with van der Waals surface area (Å²) < 4.78 is 60.1. The lowest BCUT2D eigenvalue weighted by atomic mass is 10.0. The molecule has 0 radical (unpaired) electrons. The van der Waals surface area contributed by atoms with Crippen LogP contribution in [0.15, 0.2) is 30.3 Å². The average Bonchev–Trinajstić information content (AvgIpc) is 2.27. The van der Waals surface area contributed by atoms with Gasteiger partial charge in [0.25, 0.3) is 0 Å². The Hall–Kier alpha value is -1.08. The molecule has 0 bridgehead atoms. The Labute approximate surface area is 104 Å². The van der Waals surface area contributed by atoms with Crippen LogP contribution in [0.4, 0.5) is 13.2 Å². The average molecular weight is 281 g/mol. The van der Waals surface area contributed by atoms with Gasteiger partial charge in [-0.25, -0.2) is 13.1 Å². The number of alkyl halides is 3. The van der Waals surface area contributed by atoms with Crippen molar-refractivity contribution in [2.24, 2.45) is 0 Å². The first-order chi connectivity index (χ1) is 8.06. The minimum Gasteiger partial charge on any atom is -0.212 e. The lowest BCUT2D eigenvalue weighted by Gasteiger charge is -2.25. The molecule has 0 saturated heterocycles. The van der Waals surface area contributed by atoms with Gasteiger partial charge in [0.05, 0.1) is 0 Å². The molecule has 0 spiro atoms. The van der Waals surface area contributed by atoms with Gasteiger partial charge in [-0.15, -0.1) is 0 Å². The fourth-order valence-corrected chi connectivity index (χ4v) is 2.51. The van der Waals surface area contributed by atoms with Crippen LogP contribution in [-0.4, -0.2) is 21.1 Å². The Bertz CT molecular complexity index is 495. The van der Waals surface area contributed by atoms with Gasteiger partial charge in [0, 0.05) is 0 Å². The van der Waals surface area contributed by atoms with E-state index >= 15 is 0 Å². The van der Waals surface area contributed by atoms with E-state index in [0.29, 0.717) is 5.56 Å². The smallest absolute Gasteiger partial charge is 0.212 e. The highest BCUT2D eigenvalue weighted by Crippen LogP contribution is 2.29. The molecule has 18 heavy (non-hydrogen) atoms. The monoisotopic (exact) mass is 281 g/mol. The first-order valence-corrected chi connectivity index (χ1v) is 6.66. The highest BCUT2D eigenvalue weighted by Gasteiger charge is 2.39. The SMILES string of the molecule is CC(C)(c1ccccc1)S(=O)(=O)NCC(F)(F)F. The maximum absolute atomic E-state index is 12.0. The standard InChI is InChI=1S/C11H14F3NO2S/c1-10(2,9-6-4-3-5-7-9)18(16,17)15-8-11(12,13)14/h3-7,15H,8H2,1-2H3. The van der Waals surface area contributed by atoms with Gasteiger partial charge in [-0.2, -0.15) is 13.2 Å². The second-order valence-electron chi connectivity index (χ2n) is 4.32. The predicted molar refractivity (Wildman–Crippen MR) is 62.4 cm³/mol. The molecule has 7 heteroatoms. The minimum absolute atomic E-state index is 0.430. The highest BCUT2D eigenvalue weighted by molar-refractivity contribution is 7.90. The van der Waals surface area contributed by atoms with Crippen LogP contribution >= 0.6 is 0 Å². The number of rotatable bonds is 4. The number of nitrogens with one attached hydrogen (secondary N) is 1. The maximum Gasteiger partial charge on any atom is 0.402 e. The summed E-state index contributed by atoms with van der Waals surface area (Å²) >= 11 is 0. The van der Waals surface area contributed by atoms with Crippen LogP contribution in [0.3, 0.4) is 0 Å². The van der Waals surface area contributed by atoms with E-state index in [1.165, 1.54) is 13.8 Å². The van der Waals surface area contributed by atoms with Crippen LogP contribution < -0.4 is 4.72 Å².